The zero-order chi connectivity index (χ0) is 22.3. The van der Waals surface area contributed by atoms with Crippen molar-refractivity contribution in [3.8, 4) is 0 Å². The average Bonchev–Trinajstić information content (AvgIpc) is 3.06. The number of thiophene rings is 1. The monoisotopic (exact) mass is 441 g/mol. The number of hydrogen-bond acceptors (Lipinski definition) is 6. The van der Waals surface area contributed by atoms with Gasteiger partial charge in [0.1, 0.15) is 11.0 Å². The first-order valence-electron chi connectivity index (χ1n) is 10.5. The highest BCUT2D eigenvalue weighted by Gasteiger charge is 2.31. The summed E-state index contributed by atoms with van der Waals surface area (Å²) in [4.78, 5) is 38.9. The van der Waals surface area contributed by atoms with Gasteiger partial charge in [0, 0.05) is 4.88 Å². The Hall–Kier alpha value is -2.87. The number of fused-ring (bicyclic) bond motifs is 2. The number of benzene rings is 1. The highest BCUT2D eigenvalue weighted by molar-refractivity contribution is 7.17. The number of anilines is 3. The summed E-state index contributed by atoms with van der Waals surface area (Å²) in [6.07, 6.45) is 2.65. The minimum absolute atomic E-state index is 0.0439. The summed E-state index contributed by atoms with van der Waals surface area (Å²) in [5.74, 6) is -0.465. The highest BCUT2D eigenvalue weighted by Crippen LogP contribution is 2.40. The first kappa shape index (κ1) is 21.4. The Morgan fingerprint density at radius 1 is 1.23 bits per heavy atom. The summed E-state index contributed by atoms with van der Waals surface area (Å²) in [6.45, 7) is 6.18. The zero-order valence-corrected chi connectivity index (χ0v) is 19.0. The van der Waals surface area contributed by atoms with Crippen molar-refractivity contribution in [3.63, 3.8) is 0 Å². The van der Waals surface area contributed by atoms with Crippen molar-refractivity contribution in [2.45, 2.75) is 52.5 Å². The predicted octanol–water partition coefficient (Wildman–Crippen LogP) is 4.04. The number of esters is 1. The van der Waals surface area contributed by atoms with E-state index in [2.05, 4.69) is 22.9 Å². The van der Waals surface area contributed by atoms with Crippen molar-refractivity contribution in [1.29, 1.82) is 0 Å². The second-order valence-electron chi connectivity index (χ2n) is 8.47. The van der Waals surface area contributed by atoms with Crippen LogP contribution in [-0.4, -0.2) is 30.9 Å². The number of aryl methyl sites for hydroxylation is 2. The molecule has 0 fully saturated rings. The molecule has 1 aliphatic heterocycles. The summed E-state index contributed by atoms with van der Waals surface area (Å²) in [7, 11) is 1.35. The molecule has 1 aromatic heterocycles. The highest BCUT2D eigenvalue weighted by atomic mass is 32.1. The van der Waals surface area contributed by atoms with Gasteiger partial charge < -0.3 is 20.7 Å². The van der Waals surface area contributed by atoms with Gasteiger partial charge in [0.2, 0.25) is 11.8 Å². The van der Waals surface area contributed by atoms with Crippen molar-refractivity contribution in [1.82, 2.24) is 0 Å². The van der Waals surface area contributed by atoms with Gasteiger partial charge in [-0.1, -0.05) is 6.92 Å². The molecule has 2 atom stereocenters. The lowest BCUT2D eigenvalue weighted by Crippen LogP contribution is -2.41. The Morgan fingerprint density at radius 3 is 2.65 bits per heavy atom. The van der Waals surface area contributed by atoms with Crippen LogP contribution in [0.2, 0.25) is 0 Å². The van der Waals surface area contributed by atoms with E-state index < -0.39 is 12.0 Å². The third-order valence-electron chi connectivity index (χ3n) is 6.08. The second kappa shape index (κ2) is 8.34. The molecule has 2 heterocycles. The van der Waals surface area contributed by atoms with Crippen LogP contribution in [0.5, 0.6) is 0 Å². The van der Waals surface area contributed by atoms with E-state index in [-0.39, 0.29) is 18.2 Å². The average molecular weight is 442 g/mol. The molecule has 0 spiro atoms. The van der Waals surface area contributed by atoms with Crippen LogP contribution in [0.3, 0.4) is 0 Å². The maximum Gasteiger partial charge on any atom is 0.341 e. The predicted molar refractivity (Wildman–Crippen MR) is 122 cm³/mol. The van der Waals surface area contributed by atoms with Gasteiger partial charge in [-0.3, -0.25) is 9.59 Å². The number of amides is 2. The molecule has 0 saturated heterocycles. The van der Waals surface area contributed by atoms with Gasteiger partial charge in [0.05, 0.1) is 30.5 Å². The first-order chi connectivity index (χ1) is 14.8. The van der Waals surface area contributed by atoms with E-state index in [1.807, 2.05) is 26.0 Å². The zero-order valence-electron chi connectivity index (χ0n) is 18.2. The van der Waals surface area contributed by atoms with Gasteiger partial charge >= 0.3 is 5.97 Å². The molecule has 3 N–H and O–H groups in total. The lowest BCUT2D eigenvalue weighted by atomic mass is 9.88. The summed E-state index contributed by atoms with van der Waals surface area (Å²) < 4.78 is 4.98. The molecule has 0 radical (unpaired) electrons. The fraction of sp³-hybridized carbons (Fsp3) is 0.435. The smallest absolute Gasteiger partial charge is 0.341 e. The minimum atomic E-state index is -0.689. The van der Waals surface area contributed by atoms with E-state index in [0.29, 0.717) is 16.5 Å². The molecule has 1 aromatic carbocycles. The largest absolute Gasteiger partial charge is 0.465 e. The van der Waals surface area contributed by atoms with Gasteiger partial charge in [-0.25, -0.2) is 4.79 Å². The van der Waals surface area contributed by atoms with Crippen LogP contribution in [0.25, 0.3) is 0 Å². The van der Waals surface area contributed by atoms with E-state index >= 15 is 0 Å². The van der Waals surface area contributed by atoms with E-state index in [1.165, 1.54) is 18.4 Å². The Bertz CT molecular complexity index is 1080. The topological polar surface area (TPSA) is 96.5 Å². The molecule has 0 bridgehead atoms. The van der Waals surface area contributed by atoms with Crippen LogP contribution >= 0.6 is 11.3 Å². The van der Waals surface area contributed by atoms with Gasteiger partial charge in [-0.2, -0.15) is 0 Å². The van der Waals surface area contributed by atoms with Gasteiger partial charge in [0.15, 0.2) is 0 Å². The van der Waals surface area contributed by atoms with Crippen molar-refractivity contribution in [2.24, 2.45) is 5.92 Å². The van der Waals surface area contributed by atoms with Crippen LogP contribution in [0, 0.1) is 19.8 Å². The lowest BCUT2D eigenvalue weighted by molar-refractivity contribution is -0.122. The minimum Gasteiger partial charge on any atom is -0.465 e. The van der Waals surface area contributed by atoms with E-state index in [9.17, 15) is 14.4 Å². The second-order valence-corrected chi connectivity index (χ2v) is 9.57. The maximum atomic E-state index is 12.8. The molecular weight excluding hydrogens is 414 g/mol. The number of carbonyl (C=O) groups is 3. The number of hydrogen-bond donors (Lipinski definition) is 3. The van der Waals surface area contributed by atoms with Gasteiger partial charge in [0.25, 0.3) is 0 Å². The van der Waals surface area contributed by atoms with Crippen LogP contribution < -0.4 is 16.0 Å². The number of rotatable bonds is 4. The Balaban J connectivity index is 1.52. The molecule has 164 valence electrons. The fourth-order valence-corrected chi connectivity index (χ4v) is 5.59. The molecule has 7 nitrogen and oxygen atoms in total. The standard InChI is InChI=1S/C23H27N3O4S/c1-11-5-6-14-18(7-11)31-22(20(14)23(29)30-4)26-19(27)10-17-21(28)25-16-9-13(3)12(2)8-15(16)24-17/h8-9,11,17,24H,5-7,10H2,1-4H3,(H,25,28)(H,26,27)/t11-,17+/m0/s1. The van der Waals surface area contributed by atoms with E-state index in [4.69, 9.17) is 4.74 Å². The number of ether oxygens (including phenoxy) is 1. The maximum absolute atomic E-state index is 12.8. The molecular formula is C23H27N3O4S. The SMILES string of the molecule is COC(=O)c1c(NC(=O)C[C@H]2Nc3cc(C)c(C)cc3NC2=O)sc2c1CC[C@H](C)C2. The summed E-state index contributed by atoms with van der Waals surface area (Å²) in [5, 5.41) is 9.43. The van der Waals surface area contributed by atoms with Crippen LogP contribution in [0.1, 0.15) is 51.7 Å². The van der Waals surface area contributed by atoms with Gasteiger partial charge in [-0.15, -0.1) is 11.3 Å². The van der Waals surface area contributed by atoms with Crippen LogP contribution in [-0.2, 0) is 27.2 Å². The fourth-order valence-electron chi connectivity index (χ4n) is 4.18. The molecule has 0 unspecified atom stereocenters. The molecule has 2 aliphatic rings. The molecule has 31 heavy (non-hydrogen) atoms. The molecule has 0 saturated carbocycles. The summed E-state index contributed by atoms with van der Waals surface area (Å²) in [5.41, 5.74) is 5.16. The third kappa shape index (κ3) is 4.17. The third-order valence-corrected chi connectivity index (χ3v) is 7.25. The van der Waals surface area contributed by atoms with Crippen molar-refractivity contribution < 1.29 is 19.1 Å². The summed E-state index contributed by atoms with van der Waals surface area (Å²) >= 11 is 1.44. The number of methoxy groups -OCH3 is 1. The molecule has 8 heteroatoms. The first-order valence-corrected chi connectivity index (χ1v) is 11.3. The molecule has 2 aromatic rings. The van der Waals surface area contributed by atoms with Crippen LogP contribution in [0.15, 0.2) is 12.1 Å². The van der Waals surface area contributed by atoms with E-state index in [1.54, 1.807) is 0 Å². The lowest BCUT2D eigenvalue weighted by Gasteiger charge is -2.27. The molecule has 2 amide bonds. The Kier molecular flexibility index (Phi) is 5.75. The normalized spacial score (nSPS) is 19.5. The van der Waals surface area contributed by atoms with Crippen LogP contribution in [0.4, 0.5) is 16.4 Å². The Morgan fingerprint density at radius 2 is 1.94 bits per heavy atom. The Labute approximate surface area is 185 Å². The van der Waals surface area contributed by atoms with Gasteiger partial charge in [-0.05, 0) is 67.9 Å². The molecule has 4 rings (SSSR count). The summed E-state index contributed by atoms with van der Waals surface area (Å²) in [6, 6.07) is 3.20. The van der Waals surface area contributed by atoms with Crippen molar-refractivity contribution in [3.05, 3.63) is 39.3 Å². The number of nitrogens with one attached hydrogen (secondary N) is 3. The number of carbonyl (C=O) groups excluding carboxylic acids is 3. The van der Waals surface area contributed by atoms with Crippen molar-refractivity contribution in [2.75, 3.05) is 23.1 Å². The van der Waals surface area contributed by atoms with E-state index in [0.717, 1.165) is 52.2 Å². The van der Waals surface area contributed by atoms with Crippen molar-refractivity contribution >= 4 is 45.5 Å². The molecule has 1 aliphatic carbocycles. The quantitative estimate of drug-likeness (QED) is 0.623.